The number of Topliss-reactive ketones (excluding diaryl/α,β-unsaturated/α-hetero) is 1. The lowest BCUT2D eigenvalue weighted by molar-refractivity contribution is -0.119. The Morgan fingerprint density at radius 3 is 2.60 bits per heavy atom. The van der Waals surface area contributed by atoms with Crippen molar-refractivity contribution in [3.8, 4) is 0 Å². The first-order valence-corrected chi connectivity index (χ1v) is 7.43. The summed E-state index contributed by atoms with van der Waals surface area (Å²) < 4.78 is 12.8. The van der Waals surface area contributed by atoms with Crippen molar-refractivity contribution in [2.24, 2.45) is 5.41 Å². The van der Waals surface area contributed by atoms with Gasteiger partial charge in [-0.2, -0.15) is 0 Å². The van der Waals surface area contributed by atoms with E-state index in [1.807, 2.05) is 0 Å². The van der Waals surface area contributed by atoms with Crippen molar-refractivity contribution in [3.05, 3.63) is 35.6 Å². The number of hydrogen-bond acceptors (Lipinski definition) is 2. The molecule has 20 heavy (non-hydrogen) atoms. The van der Waals surface area contributed by atoms with Crippen LogP contribution in [0.25, 0.3) is 0 Å². The van der Waals surface area contributed by atoms with E-state index in [0.717, 1.165) is 31.5 Å². The van der Waals surface area contributed by atoms with E-state index >= 15 is 0 Å². The fraction of sp³-hybridized carbons (Fsp3) is 0.588. The van der Waals surface area contributed by atoms with E-state index in [0.29, 0.717) is 18.4 Å². The minimum atomic E-state index is -0.254. The van der Waals surface area contributed by atoms with Crippen molar-refractivity contribution < 1.29 is 9.18 Å². The quantitative estimate of drug-likeness (QED) is 0.840. The van der Waals surface area contributed by atoms with Crippen molar-refractivity contribution in [1.29, 1.82) is 0 Å². The monoisotopic (exact) mass is 277 g/mol. The first-order valence-electron chi connectivity index (χ1n) is 7.43. The second kappa shape index (κ2) is 6.49. The van der Waals surface area contributed by atoms with Crippen LogP contribution in [0.3, 0.4) is 0 Å². The molecule has 2 nitrogen and oxygen atoms in total. The number of hydrogen-bond donors (Lipinski definition) is 0. The zero-order chi connectivity index (χ0) is 14.6. The van der Waals surface area contributed by atoms with Crippen LogP contribution in [0.15, 0.2) is 24.3 Å². The Bertz CT molecular complexity index is 453. The summed E-state index contributed by atoms with van der Waals surface area (Å²) in [6.45, 7) is 7.14. The molecule has 1 heterocycles. The van der Waals surface area contributed by atoms with E-state index in [1.54, 1.807) is 12.1 Å². The molecule has 1 aromatic carbocycles. The van der Waals surface area contributed by atoms with Gasteiger partial charge in [-0.15, -0.1) is 0 Å². The smallest absolute Gasteiger partial charge is 0.151 e. The van der Waals surface area contributed by atoms with Gasteiger partial charge in [-0.1, -0.05) is 26.0 Å². The molecule has 1 fully saturated rings. The van der Waals surface area contributed by atoms with Gasteiger partial charge in [0.25, 0.3) is 0 Å². The van der Waals surface area contributed by atoms with Gasteiger partial charge in [0.2, 0.25) is 0 Å². The molecule has 0 saturated carbocycles. The SMILES string of the molecule is CC1(C)CCCN(CC(=O)Cc2ccc(F)cc2)CC1. The summed E-state index contributed by atoms with van der Waals surface area (Å²) in [6.07, 6.45) is 3.95. The van der Waals surface area contributed by atoms with Gasteiger partial charge in [0, 0.05) is 6.42 Å². The number of carbonyl (C=O) groups excluding carboxylic acids is 1. The second-order valence-electron chi connectivity index (χ2n) is 6.64. The van der Waals surface area contributed by atoms with Crippen LogP contribution >= 0.6 is 0 Å². The van der Waals surface area contributed by atoms with Gasteiger partial charge < -0.3 is 0 Å². The van der Waals surface area contributed by atoms with Crippen LogP contribution in [0.1, 0.15) is 38.7 Å². The molecule has 0 unspecified atom stereocenters. The number of benzene rings is 1. The highest BCUT2D eigenvalue weighted by molar-refractivity contribution is 5.82. The Kier molecular flexibility index (Phi) is 4.92. The third kappa shape index (κ3) is 4.71. The Morgan fingerprint density at radius 1 is 1.20 bits per heavy atom. The number of ketones is 1. The predicted molar refractivity (Wildman–Crippen MR) is 79.2 cm³/mol. The van der Waals surface area contributed by atoms with Crippen molar-refractivity contribution in [3.63, 3.8) is 0 Å². The lowest BCUT2D eigenvalue weighted by Crippen LogP contribution is -2.32. The molecule has 1 aliphatic rings. The van der Waals surface area contributed by atoms with E-state index in [9.17, 15) is 9.18 Å². The molecule has 1 aliphatic heterocycles. The number of likely N-dealkylation sites (tertiary alicyclic amines) is 1. The largest absolute Gasteiger partial charge is 0.298 e. The van der Waals surface area contributed by atoms with E-state index in [2.05, 4.69) is 18.7 Å². The minimum absolute atomic E-state index is 0.219. The van der Waals surface area contributed by atoms with Crippen LogP contribution in [0, 0.1) is 11.2 Å². The van der Waals surface area contributed by atoms with Gasteiger partial charge in [-0.3, -0.25) is 9.69 Å². The highest BCUT2D eigenvalue weighted by atomic mass is 19.1. The minimum Gasteiger partial charge on any atom is -0.298 e. The average Bonchev–Trinajstić information content (AvgIpc) is 2.54. The van der Waals surface area contributed by atoms with E-state index in [4.69, 9.17) is 0 Å². The molecule has 0 atom stereocenters. The first-order chi connectivity index (χ1) is 9.44. The second-order valence-corrected chi connectivity index (χ2v) is 6.64. The number of rotatable bonds is 4. The van der Waals surface area contributed by atoms with Crippen LogP contribution in [0.4, 0.5) is 4.39 Å². The van der Waals surface area contributed by atoms with Gasteiger partial charge in [0.05, 0.1) is 6.54 Å². The summed E-state index contributed by atoms with van der Waals surface area (Å²) in [5.74, 6) is -0.0349. The van der Waals surface area contributed by atoms with Gasteiger partial charge in [0.15, 0.2) is 5.78 Å². The number of halogens is 1. The van der Waals surface area contributed by atoms with E-state index in [1.165, 1.54) is 18.6 Å². The number of carbonyl (C=O) groups is 1. The topological polar surface area (TPSA) is 20.3 Å². The van der Waals surface area contributed by atoms with Gasteiger partial charge in [-0.25, -0.2) is 4.39 Å². The van der Waals surface area contributed by atoms with E-state index in [-0.39, 0.29) is 11.6 Å². The molecule has 1 aromatic rings. The summed E-state index contributed by atoms with van der Waals surface area (Å²) >= 11 is 0. The maximum absolute atomic E-state index is 12.8. The third-order valence-corrected chi connectivity index (χ3v) is 4.15. The first kappa shape index (κ1) is 15.2. The summed E-state index contributed by atoms with van der Waals surface area (Å²) in [7, 11) is 0. The predicted octanol–water partition coefficient (Wildman–Crippen LogP) is 3.45. The molecular weight excluding hydrogens is 253 g/mol. The fourth-order valence-corrected chi connectivity index (χ4v) is 2.77. The maximum Gasteiger partial charge on any atom is 0.151 e. The molecule has 0 N–H and O–H groups in total. The molecule has 2 rings (SSSR count). The molecule has 0 radical (unpaired) electrons. The molecule has 0 bridgehead atoms. The number of nitrogens with zero attached hydrogens (tertiary/aromatic N) is 1. The van der Waals surface area contributed by atoms with E-state index < -0.39 is 0 Å². The third-order valence-electron chi connectivity index (χ3n) is 4.15. The summed E-state index contributed by atoms with van der Waals surface area (Å²) in [5, 5.41) is 0. The van der Waals surface area contributed by atoms with Crippen LogP contribution in [-0.2, 0) is 11.2 Å². The Hall–Kier alpha value is -1.22. The van der Waals surface area contributed by atoms with Gasteiger partial charge in [0.1, 0.15) is 5.82 Å². The Balaban J connectivity index is 1.83. The van der Waals surface area contributed by atoms with Crippen molar-refractivity contribution in [1.82, 2.24) is 4.90 Å². The Morgan fingerprint density at radius 2 is 1.90 bits per heavy atom. The normalized spacial score (nSPS) is 19.6. The molecular formula is C17H24FNO. The average molecular weight is 277 g/mol. The van der Waals surface area contributed by atoms with Crippen LogP contribution in [0.5, 0.6) is 0 Å². The highest BCUT2D eigenvalue weighted by Crippen LogP contribution is 2.29. The van der Waals surface area contributed by atoms with Crippen LogP contribution < -0.4 is 0 Å². The molecule has 0 aromatic heterocycles. The van der Waals surface area contributed by atoms with Gasteiger partial charge >= 0.3 is 0 Å². The fourth-order valence-electron chi connectivity index (χ4n) is 2.77. The lowest BCUT2D eigenvalue weighted by Gasteiger charge is -2.22. The molecule has 1 saturated heterocycles. The van der Waals surface area contributed by atoms with Crippen molar-refractivity contribution >= 4 is 5.78 Å². The molecule has 0 amide bonds. The Labute approximate surface area is 121 Å². The van der Waals surface area contributed by atoms with Crippen LogP contribution in [0.2, 0.25) is 0 Å². The molecule has 3 heteroatoms. The van der Waals surface area contributed by atoms with Crippen molar-refractivity contribution in [2.75, 3.05) is 19.6 Å². The molecule has 0 aliphatic carbocycles. The highest BCUT2D eigenvalue weighted by Gasteiger charge is 2.23. The lowest BCUT2D eigenvalue weighted by atomic mass is 9.85. The van der Waals surface area contributed by atoms with Gasteiger partial charge in [-0.05, 0) is 55.5 Å². The molecule has 0 spiro atoms. The summed E-state index contributed by atoms with van der Waals surface area (Å²) in [5.41, 5.74) is 1.29. The summed E-state index contributed by atoms with van der Waals surface area (Å²) in [6, 6.07) is 6.21. The zero-order valence-electron chi connectivity index (χ0n) is 12.5. The molecule has 110 valence electrons. The van der Waals surface area contributed by atoms with Crippen LogP contribution in [-0.4, -0.2) is 30.3 Å². The maximum atomic E-state index is 12.8. The summed E-state index contributed by atoms with van der Waals surface area (Å²) in [4.78, 5) is 14.4. The zero-order valence-corrected chi connectivity index (χ0v) is 12.5. The van der Waals surface area contributed by atoms with Crippen molar-refractivity contribution in [2.45, 2.75) is 39.5 Å². The standard InChI is InChI=1S/C17H24FNO/c1-17(2)8-3-10-19(11-9-17)13-16(20)12-14-4-6-15(18)7-5-14/h4-7H,3,8-13H2,1-2H3.